The first-order chi connectivity index (χ1) is 11.3. The number of nitrogens with one attached hydrogen (secondary N) is 1. The summed E-state index contributed by atoms with van der Waals surface area (Å²) < 4.78 is 51.5. The third kappa shape index (κ3) is 4.19. The van der Waals surface area contributed by atoms with Crippen molar-refractivity contribution < 1.29 is 16.8 Å². The average Bonchev–Trinajstić information content (AvgIpc) is 2.88. The van der Waals surface area contributed by atoms with E-state index in [0.717, 1.165) is 13.1 Å². The lowest BCUT2D eigenvalue weighted by molar-refractivity contribution is 0.161. The third-order valence-corrected chi connectivity index (χ3v) is 8.99. The molecule has 0 unspecified atom stereocenters. The van der Waals surface area contributed by atoms with Crippen LogP contribution in [0, 0.1) is 0 Å². The summed E-state index contributed by atoms with van der Waals surface area (Å²) in [6.07, 6.45) is 2.08. The summed E-state index contributed by atoms with van der Waals surface area (Å²) in [5, 5.41) is 0. The summed E-state index contributed by atoms with van der Waals surface area (Å²) >= 11 is 3.28. The molecule has 9 heteroatoms. The van der Waals surface area contributed by atoms with Crippen molar-refractivity contribution in [3.63, 3.8) is 0 Å². The van der Waals surface area contributed by atoms with Gasteiger partial charge in [0.05, 0.1) is 16.4 Å². The van der Waals surface area contributed by atoms with E-state index in [2.05, 4.69) is 25.6 Å². The number of benzene rings is 1. The molecular weight excluding hydrogens is 416 g/mol. The van der Waals surface area contributed by atoms with Crippen molar-refractivity contribution in [3.05, 3.63) is 28.7 Å². The van der Waals surface area contributed by atoms with Gasteiger partial charge in [0.25, 0.3) is 0 Å². The van der Waals surface area contributed by atoms with Gasteiger partial charge in [0.15, 0.2) is 9.84 Å². The molecule has 24 heavy (non-hydrogen) atoms. The summed E-state index contributed by atoms with van der Waals surface area (Å²) in [5.41, 5.74) is 0. The van der Waals surface area contributed by atoms with E-state index < -0.39 is 19.9 Å². The van der Waals surface area contributed by atoms with Crippen molar-refractivity contribution in [1.82, 2.24) is 9.62 Å². The van der Waals surface area contributed by atoms with E-state index in [4.69, 9.17) is 0 Å². The molecule has 0 radical (unpaired) electrons. The highest BCUT2D eigenvalue weighted by Gasteiger charge is 2.34. The molecule has 0 spiro atoms. The van der Waals surface area contributed by atoms with E-state index in [1.54, 1.807) is 24.3 Å². The molecule has 2 fully saturated rings. The fraction of sp³-hybridized carbons (Fsp3) is 0.600. The standard InChI is InChI=1S/C15H21BrN2O4S2/c16-14-3-1-2-4-15(14)24(21,22)17-12-5-8-18(9-6-12)13-7-10-23(19,20)11-13/h1-4,12-13,17H,5-11H2/t13-/m1/s1. The highest BCUT2D eigenvalue weighted by Crippen LogP contribution is 2.24. The molecule has 1 atom stereocenters. The number of rotatable bonds is 4. The summed E-state index contributed by atoms with van der Waals surface area (Å²) in [4.78, 5) is 2.43. The van der Waals surface area contributed by atoms with Gasteiger partial charge < -0.3 is 0 Å². The fourth-order valence-electron chi connectivity index (χ4n) is 3.39. The van der Waals surface area contributed by atoms with Crippen molar-refractivity contribution in [1.29, 1.82) is 0 Å². The minimum Gasteiger partial charge on any atom is -0.299 e. The van der Waals surface area contributed by atoms with Gasteiger partial charge in [0, 0.05) is 16.6 Å². The van der Waals surface area contributed by atoms with Crippen LogP contribution in [0.1, 0.15) is 19.3 Å². The molecule has 0 aliphatic carbocycles. The van der Waals surface area contributed by atoms with Gasteiger partial charge in [0.1, 0.15) is 0 Å². The molecule has 2 aliphatic heterocycles. The van der Waals surface area contributed by atoms with E-state index in [9.17, 15) is 16.8 Å². The number of piperidine rings is 1. The summed E-state index contributed by atoms with van der Waals surface area (Å²) in [6.45, 7) is 1.45. The SMILES string of the molecule is O=S1(=O)CC[C@@H](N2CCC(NS(=O)(=O)c3ccccc3Br)CC2)C1. The second-order valence-electron chi connectivity index (χ2n) is 6.42. The predicted octanol–water partition coefficient (Wildman–Crippen LogP) is 1.38. The van der Waals surface area contributed by atoms with Crippen LogP contribution in [0.15, 0.2) is 33.6 Å². The van der Waals surface area contributed by atoms with Gasteiger partial charge in [-0.3, -0.25) is 4.90 Å². The van der Waals surface area contributed by atoms with Gasteiger partial charge in [-0.05, 0) is 60.4 Å². The monoisotopic (exact) mass is 436 g/mol. The van der Waals surface area contributed by atoms with Crippen LogP contribution in [-0.4, -0.2) is 58.4 Å². The molecule has 2 saturated heterocycles. The zero-order chi connectivity index (χ0) is 17.4. The Morgan fingerprint density at radius 1 is 1.12 bits per heavy atom. The average molecular weight is 437 g/mol. The summed E-state index contributed by atoms with van der Waals surface area (Å²) in [6, 6.07) is 6.73. The zero-order valence-corrected chi connectivity index (χ0v) is 16.4. The second-order valence-corrected chi connectivity index (χ2v) is 11.2. The molecule has 1 aromatic rings. The van der Waals surface area contributed by atoms with E-state index in [0.29, 0.717) is 23.7 Å². The molecule has 2 heterocycles. The Balaban J connectivity index is 1.59. The Hall–Kier alpha value is -0.480. The quantitative estimate of drug-likeness (QED) is 0.770. The number of nitrogens with zero attached hydrogens (tertiary/aromatic N) is 1. The first-order valence-corrected chi connectivity index (χ1v) is 12.1. The summed E-state index contributed by atoms with van der Waals surface area (Å²) in [5.74, 6) is 0.507. The number of likely N-dealkylation sites (tertiary alicyclic amines) is 1. The molecule has 134 valence electrons. The smallest absolute Gasteiger partial charge is 0.241 e. The highest BCUT2D eigenvalue weighted by atomic mass is 79.9. The minimum absolute atomic E-state index is 0.0934. The van der Waals surface area contributed by atoms with E-state index in [1.807, 2.05) is 0 Å². The molecule has 0 aromatic heterocycles. The lowest BCUT2D eigenvalue weighted by atomic mass is 10.0. The molecule has 1 aromatic carbocycles. The maximum atomic E-state index is 12.5. The van der Waals surface area contributed by atoms with Gasteiger partial charge in [0.2, 0.25) is 10.0 Å². The first kappa shape index (κ1) is 18.3. The fourth-order valence-corrected chi connectivity index (χ4v) is 7.46. The van der Waals surface area contributed by atoms with E-state index in [-0.39, 0.29) is 28.5 Å². The van der Waals surface area contributed by atoms with Crippen LogP contribution in [0.3, 0.4) is 0 Å². The van der Waals surface area contributed by atoms with Crippen LogP contribution in [0.5, 0.6) is 0 Å². The van der Waals surface area contributed by atoms with Crippen molar-refractivity contribution in [2.24, 2.45) is 0 Å². The lowest BCUT2D eigenvalue weighted by Crippen LogP contribution is -2.48. The Morgan fingerprint density at radius 2 is 1.79 bits per heavy atom. The maximum absolute atomic E-state index is 12.5. The minimum atomic E-state index is -3.56. The molecule has 1 N–H and O–H groups in total. The van der Waals surface area contributed by atoms with E-state index >= 15 is 0 Å². The van der Waals surface area contributed by atoms with Crippen molar-refractivity contribution in [2.45, 2.75) is 36.2 Å². The van der Waals surface area contributed by atoms with Crippen LogP contribution in [0.25, 0.3) is 0 Å². The lowest BCUT2D eigenvalue weighted by Gasteiger charge is -2.35. The Labute approximate surface area is 151 Å². The van der Waals surface area contributed by atoms with Crippen molar-refractivity contribution >= 4 is 35.8 Å². The molecule has 0 amide bonds. The zero-order valence-electron chi connectivity index (χ0n) is 13.2. The maximum Gasteiger partial charge on any atom is 0.241 e. The van der Waals surface area contributed by atoms with E-state index in [1.165, 1.54) is 0 Å². The largest absolute Gasteiger partial charge is 0.299 e. The van der Waals surface area contributed by atoms with Crippen molar-refractivity contribution in [2.75, 3.05) is 24.6 Å². The molecule has 0 bridgehead atoms. The van der Waals surface area contributed by atoms with Crippen LogP contribution in [0.2, 0.25) is 0 Å². The third-order valence-electron chi connectivity index (χ3n) is 4.70. The molecule has 0 saturated carbocycles. The van der Waals surface area contributed by atoms with Crippen molar-refractivity contribution in [3.8, 4) is 0 Å². The molecular formula is C15H21BrN2O4S2. The predicted molar refractivity (Wildman–Crippen MR) is 96.1 cm³/mol. The Bertz CT molecular complexity index is 803. The Morgan fingerprint density at radius 3 is 2.38 bits per heavy atom. The number of sulfone groups is 1. The van der Waals surface area contributed by atoms with Gasteiger partial charge in [-0.25, -0.2) is 21.6 Å². The van der Waals surface area contributed by atoms with Crippen LogP contribution < -0.4 is 4.72 Å². The van der Waals surface area contributed by atoms with Crippen LogP contribution in [0.4, 0.5) is 0 Å². The van der Waals surface area contributed by atoms with Crippen LogP contribution in [-0.2, 0) is 19.9 Å². The normalized spacial score (nSPS) is 25.8. The molecule has 3 rings (SSSR count). The number of hydrogen-bond donors (Lipinski definition) is 1. The topological polar surface area (TPSA) is 83.6 Å². The number of halogens is 1. The number of sulfonamides is 1. The van der Waals surface area contributed by atoms with Gasteiger partial charge in [-0.2, -0.15) is 0 Å². The molecule has 2 aliphatic rings. The second kappa shape index (κ2) is 7.03. The van der Waals surface area contributed by atoms with Crippen LogP contribution >= 0.6 is 15.9 Å². The highest BCUT2D eigenvalue weighted by molar-refractivity contribution is 9.10. The van der Waals surface area contributed by atoms with Gasteiger partial charge in [-0.1, -0.05) is 12.1 Å². The molecule has 6 nitrogen and oxygen atoms in total. The first-order valence-electron chi connectivity index (χ1n) is 7.98. The van der Waals surface area contributed by atoms with Gasteiger partial charge >= 0.3 is 0 Å². The Kier molecular flexibility index (Phi) is 5.36. The van der Waals surface area contributed by atoms with Gasteiger partial charge in [-0.15, -0.1) is 0 Å². The summed E-state index contributed by atoms with van der Waals surface area (Å²) in [7, 11) is -6.44. The number of hydrogen-bond acceptors (Lipinski definition) is 5.